The maximum Gasteiger partial charge on any atom is 0.308 e. The van der Waals surface area contributed by atoms with Gasteiger partial charge in [-0.05, 0) is 41.2 Å². The van der Waals surface area contributed by atoms with Crippen molar-refractivity contribution in [3.63, 3.8) is 0 Å². The summed E-state index contributed by atoms with van der Waals surface area (Å²) in [5, 5.41) is 3.49. The minimum absolute atomic E-state index is 0.0403. The number of carbonyl (C=O) groups is 1. The zero-order chi connectivity index (χ0) is 21.7. The van der Waals surface area contributed by atoms with Crippen molar-refractivity contribution in [3.8, 4) is 0 Å². The summed E-state index contributed by atoms with van der Waals surface area (Å²) in [5.74, 6) is -0.644. The number of halogens is 2. The second-order valence-corrected chi connectivity index (χ2v) is 5.85. The van der Waals surface area contributed by atoms with Gasteiger partial charge in [0, 0.05) is 29.0 Å². The zero-order valence-electron chi connectivity index (χ0n) is 18.1. The summed E-state index contributed by atoms with van der Waals surface area (Å²) < 4.78 is 48.3. The topological polar surface area (TPSA) is 44.5 Å². The minimum Gasteiger partial charge on any atom is -0.345 e. The van der Waals surface area contributed by atoms with Crippen molar-refractivity contribution in [2.45, 2.75) is 26.7 Å². The fourth-order valence-corrected chi connectivity index (χ4v) is 2.86. The van der Waals surface area contributed by atoms with Gasteiger partial charge in [0.05, 0.1) is 14.0 Å². The lowest BCUT2D eigenvalue weighted by Gasteiger charge is -2.10. The summed E-state index contributed by atoms with van der Waals surface area (Å²) in [7, 11) is 0. The highest BCUT2D eigenvalue weighted by Gasteiger charge is 2.36. The number of amides is 1. The van der Waals surface area contributed by atoms with Crippen LogP contribution in [0.4, 0.5) is 0 Å². The second-order valence-electron chi connectivity index (χ2n) is 4.98. The van der Waals surface area contributed by atoms with Crippen LogP contribution < -0.4 is 5.32 Å². The molecule has 0 saturated carbocycles. The molecule has 23 heavy (non-hydrogen) atoms. The van der Waals surface area contributed by atoms with Gasteiger partial charge in [0.2, 0.25) is 11.4 Å². The van der Waals surface area contributed by atoms with Crippen molar-refractivity contribution >= 4 is 41.1 Å². The van der Waals surface area contributed by atoms with E-state index in [9.17, 15) is 4.79 Å². The van der Waals surface area contributed by atoms with Crippen molar-refractivity contribution in [3.05, 3.63) is 56.8 Å². The van der Waals surface area contributed by atoms with Gasteiger partial charge in [-0.3, -0.25) is 4.79 Å². The van der Waals surface area contributed by atoms with Gasteiger partial charge in [0.25, 0.3) is 5.91 Å². The molecule has 3 rings (SSSR count). The monoisotopic (exact) mass is 354 g/mol. The molecule has 2 aliphatic heterocycles. The van der Waals surface area contributed by atoms with Crippen LogP contribution in [-0.2, 0) is 11.3 Å². The van der Waals surface area contributed by atoms with E-state index in [1.54, 1.807) is 18.2 Å². The number of rotatable bonds is 3. The van der Waals surface area contributed by atoms with Gasteiger partial charge in [-0.25, -0.2) is 0 Å². The first-order valence-electron chi connectivity index (χ1n) is 9.79. The summed E-state index contributed by atoms with van der Waals surface area (Å²) in [6, 6.07) is 4.31. The number of amidine groups is 1. The number of benzene rings is 1. The first-order chi connectivity index (χ1) is 13.4. The number of carbonyl (C=O) groups excluding carboxylic acids is 1. The molecule has 1 atom stereocenters. The predicted molar refractivity (Wildman–Crippen MR) is 93.1 cm³/mol. The molecule has 0 bridgehead atoms. The van der Waals surface area contributed by atoms with Crippen molar-refractivity contribution in [1.82, 2.24) is 5.32 Å². The second kappa shape index (κ2) is 6.30. The fraction of sp³-hybridized carbons (Fsp3) is 0.235. The molecule has 2 aliphatic rings. The third-order valence-electron chi connectivity index (χ3n) is 3.24. The van der Waals surface area contributed by atoms with Gasteiger partial charge in [-0.2, -0.15) is 4.58 Å². The number of hydrogen-bond acceptors (Lipinski definition) is 2. The van der Waals surface area contributed by atoms with Crippen LogP contribution in [0.15, 0.2) is 46.2 Å². The number of nitrogens with one attached hydrogen (secondary N) is 1. The van der Waals surface area contributed by atoms with Crippen molar-refractivity contribution < 1.29 is 17.6 Å². The Morgan fingerprint density at radius 3 is 2.91 bits per heavy atom. The highest BCUT2D eigenvalue weighted by atomic mass is 35.5. The molecule has 4 nitrogen and oxygen atoms in total. The molecule has 0 fully saturated rings. The number of hydrogen-bond donors (Lipinski definition) is 1. The van der Waals surface area contributed by atoms with E-state index in [2.05, 4.69) is 10.3 Å². The van der Waals surface area contributed by atoms with Crippen LogP contribution >= 0.6 is 23.2 Å². The Bertz CT molecular complexity index is 1020. The molecule has 0 spiro atoms. The van der Waals surface area contributed by atoms with Crippen LogP contribution in [0.2, 0.25) is 10.0 Å². The molecule has 1 aromatic carbocycles. The maximum absolute atomic E-state index is 12.8. The third-order valence-corrected chi connectivity index (χ3v) is 3.67. The molecule has 1 N–H and O–H groups in total. The molecule has 0 aromatic heterocycles. The molecule has 1 unspecified atom stereocenters. The van der Waals surface area contributed by atoms with Gasteiger partial charge in [0.1, 0.15) is 1.37 Å². The predicted octanol–water partition coefficient (Wildman–Crippen LogP) is 3.69. The van der Waals surface area contributed by atoms with E-state index in [1.165, 1.54) is 6.92 Å². The Balaban J connectivity index is 1.95. The van der Waals surface area contributed by atoms with Gasteiger partial charge >= 0.3 is 5.84 Å². The molecule has 2 heterocycles. The van der Waals surface area contributed by atoms with Crippen LogP contribution in [0, 0.1) is 0 Å². The van der Waals surface area contributed by atoms with E-state index in [4.69, 9.17) is 31.4 Å². The summed E-state index contributed by atoms with van der Waals surface area (Å²) in [5.41, 5.74) is 0.253. The lowest BCUT2D eigenvalue weighted by atomic mass is 10.2. The number of aliphatic imine (C=N–C) groups is 1. The SMILES string of the molecule is [2H]C1=C(C([2H])([2H])[2H])C([2H])=[N+]2C(=NC(C)=C2C(=O)NCc2cc(Cl)cc(Cl)c2)C1[2H]. The largest absolute Gasteiger partial charge is 0.345 e. The van der Waals surface area contributed by atoms with Crippen LogP contribution in [0.25, 0.3) is 0 Å². The maximum atomic E-state index is 12.8. The number of allylic oxidation sites excluding steroid dienone is 2. The van der Waals surface area contributed by atoms with E-state index < -0.39 is 37.0 Å². The molecule has 6 heteroatoms. The highest BCUT2D eigenvalue weighted by Crippen LogP contribution is 2.22. The lowest BCUT2D eigenvalue weighted by Crippen LogP contribution is -2.32. The van der Waals surface area contributed by atoms with E-state index in [1.807, 2.05) is 0 Å². The van der Waals surface area contributed by atoms with Gasteiger partial charge in [0.15, 0.2) is 0 Å². The Morgan fingerprint density at radius 2 is 2.22 bits per heavy atom. The number of fused-ring (bicyclic) bond motifs is 1. The smallest absolute Gasteiger partial charge is 0.308 e. The molecular formula is C17H16Cl2N3O+. The molecule has 0 aliphatic carbocycles. The minimum atomic E-state index is -2.77. The first-order valence-corrected chi connectivity index (χ1v) is 7.47. The van der Waals surface area contributed by atoms with E-state index in [0.29, 0.717) is 15.6 Å². The standard InChI is InChI=1S/C17H15Cl2N3O/c1-10-3-4-15-21-11(2)16(22(15)9-10)17(23)20-8-12-5-13(18)7-14(19)6-12/h3,5-7,9H,4,8H2,1-2H3/p+1/i1D3,3D,4D,9D. The average molecular weight is 355 g/mol. The summed E-state index contributed by atoms with van der Waals surface area (Å²) in [6.07, 6.45) is -1.96. The van der Waals surface area contributed by atoms with Crippen molar-refractivity contribution in [2.75, 3.05) is 0 Å². The summed E-state index contributed by atoms with van der Waals surface area (Å²) in [4.78, 5) is 17.0. The van der Waals surface area contributed by atoms with Crippen molar-refractivity contribution in [2.24, 2.45) is 4.99 Å². The molecule has 1 aromatic rings. The Morgan fingerprint density at radius 1 is 1.48 bits per heavy atom. The third kappa shape index (κ3) is 3.38. The molecule has 118 valence electrons. The van der Waals surface area contributed by atoms with E-state index in [-0.39, 0.29) is 23.8 Å². The van der Waals surface area contributed by atoms with Crippen LogP contribution in [0.1, 0.15) is 34.0 Å². The molecule has 1 amide bonds. The van der Waals surface area contributed by atoms with Gasteiger partial charge in [-0.15, -0.1) is 0 Å². The van der Waals surface area contributed by atoms with Crippen molar-refractivity contribution in [1.29, 1.82) is 0 Å². The van der Waals surface area contributed by atoms with Crippen LogP contribution in [-0.4, -0.2) is 22.5 Å². The van der Waals surface area contributed by atoms with Crippen LogP contribution in [0.3, 0.4) is 0 Å². The number of nitrogens with zero attached hydrogens (tertiary/aromatic N) is 2. The van der Waals surface area contributed by atoms with Gasteiger partial charge < -0.3 is 5.32 Å². The Labute approximate surface area is 153 Å². The summed E-state index contributed by atoms with van der Waals surface area (Å²) in [6.45, 7) is -1.16. The fourth-order valence-electron chi connectivity index (χ4n) is 2.29. The Kier molecular flexibility index (Phi) is 2.76. The molecule has 0 saturated heterocycles. The summed E-state index contributed by atoms with van der Waals surface area (Å²) >= 11 is 11.9. The highest BCUT2D eigenvalue weighted by molar-refractivity contribution is 6.34. The van der Waals surface area contributed by atoms with Gasteiger partial charge in [-0.1, -0.05) is 29.3 Å². The lowest BCUT2D eigenvalue weighted by molar-refractivity contribution is -0.337. The van der Waals surface area contributed by atoms with E-state index in [0.717, 1.165) is 4.58 Å². The Hall–Kier alpha value is -1.91. The molecular weight excluding hydrogens is 333 g/mol. The first kappa shape index (κ1) is 10.1. The quantitative estimate of drug-likeness (QED) is 0.826. The zero-order valence-corrected chi connectivity index (χ0v) is 13.6. The van der Waals surface area contributed by atoms with Crippen LogP contribution in [0.5, 0.6) is 0 Å². The average Bonchev–Trinajstić information content (AvgIpc) is 2.93. The van der Waals surface area contributed by atoms with E-state index >= 15 is 0 Å². The molecule has 0 radical (unpaired) electrons. The normalized spacial score (nSPS) is 25.0.